The van der Waals surface area contributed by atoms with E-state index in [2.05, 4.69) is 14.9 Å². The van der Waals surface area contributed by atoms with E-state index in [4.69, 9.17) is 16.3 Å². The third-order valence-electron chi connectivity index (χ3n) is 2.20. The summed E-state index contributed by atoms with van der Waals surface area (Å²) in [6.07, 6.45) is 3.41. The Morgan fingerprint density at radius 1 is 1.60 bits per heavy atom. The quantitative estimate of drug-likeness (QED) is 0.742. The van der Waals surface area contributed by atoms with Crippen LogP contribution in [0.5, 0.6) is 0 Å². The lowest BCUT2D eigenvalue weighted by molar-refractivity contribution is 0.0551. The van der Waals surface area contributed by atoms with Gasteiger partial charge in [-0.2, -0.15) is 0 Å². The van der Waals surface area contributed by atoms with Gasteiger partial charge >= 0.3 is 0 Å². The largest absolute Gasteiger partial charge is 0.373 e. The summed E-state index contributed by atoms with van der Waals surface area (Å²) in [5, 5.41) is 0. The standard InChI is InChI=1S/C9H12ClN3O.ClH/c10-5-8-6-13(3-4-14-8)9-1-2-11-7-12-9;/h1-2,7-8H,3-6H2;1H. The van der Waals surface area contributed by atoms with E-state index < -0.39 is 0 Å². The Morgan fingerprint density at radius 3 is 3.13 bits per heavy atom. The van der Waals surface area contributed by atoms with Crippen LogP contribution in [-0.4, -0.2) is 41.6 Å². The molecule has 1 fully saturated rings. The third-order valence-corrected chi connectivity index (χ3v) is 2.55. The molecular weight excluding hydrogens is 237 g/mol. The molecule has 2 heterocycles. The van der Waals surface area contributed by atoms with E-state index >= 15 is 0 Å². The van der Waals surface area contributed by atoms with Gasteiger partial charge in [0.25, 0.3) is 0 Å². The van der Waals surface area contributed by atoms with E-state index in [0.29, 0.717) is 12.5 Å². The number of hydrogen-bond acceptors (Lipinski definition) is 4. The smallest absolute Gasteiger partial charge is 0.132 e. The zero-order valence-corrected chi connectivity index (χ0v) is 9.75. The molecule has 1 aromatic rings. The van der Waals surface area contributed by atoms with Crippen molar-refractivity contribution in [1.29, 1.82) is 0 Å². The molecule has 84 valence electrons. The normalized spacial score (nSPS) is 20.9. The molecule has 1 aromatic heterocycles. The first-order chi connectivity index (χ1) is 6.90. The summed E-state index contributed by atoms with van der Waals surface area (Å²) in [5.74, 6) is 1.47. The van der Waals surface area contributed by atoms with Crippen molar-refractivity contribution >= 4 is 29.8 Å². The van der Waals surface area contributed by atoms with Crippen molar-refractivity contribution in [2.75, 3.05) is 30.5 Å². The summed E-state index contributed by atoms with van der Waals surface area (Å²) in [6.45, 7) is 2.38. The number of nitrogens with zero attached hydrogens (tertiary/aromatic N) is 3. The van der Waals surface area contributed by atoms with Crippen LogP contribution in [0.2, 0.25) is 0 Å². The molecule has 0 aromatic carbocycles. The van der Waals surface area contributed by atoms with Crippen LogP contribution in [-0.2, 0) is 4.74 Å². The Hall–Kier alpha value is -0.580. The highest BCUT2D eigenvalue weighted by Gasteiger charge is 2.20. The van der Waals surface area contributed by atoms with Crippen molar-refractivity contribution in [2.24, 2.45) is 0 Å². The number of anilines is 1. The van der Waals surface area contributed by atoms with Crippen LogP contribution in [0.3, 0.4) is 0 Å². The Morgan fingerprint density at radius 2 is 2.47 bits per heavy atom. The van der Waals surface area contributed by atoms with Gasteiger partial charge in [-0.1, -0.05) is 0 Å². The van der Waals surface area contributed by atoms with Crippen molar-refractivity contribution in [3.05, 3.63) is 18.6 Å². The van der Waals surface area contributed by atoms with E-state index in [1.807, 2.05) is 6.07 Å². The lowest BCUT2D eigenvalue weighted by Gasteiger charge is -2.32. The lowest BCUT2D eigenvalue weighted by atomic mass is 10.3. The van der Waals surface area contributed by atoms with Crippen LogP contribution in [0.25, 0.3) is 0 Å². The molecule has 4 nitrogen and oxygen atoms in total. The molecule has 0 radical (unpaired) electrons. The van der Waals surface area contributed by atoms with E-state index in [1.165, 1.54) is 0 Å². The molecule has 0 N–H and O–H groups in total. The van der Waals surface area contributed by atoms with Crippen LogP contribution < -0.4 is 4.90 Å². The van der Waals surface area contributed by atoms with Gasteiger partial charge in [-0.05, 0) is 6.07 Å². The number of ether oxygens (including phenoxy) is 1. The molecule has 0 spiro atoms. The maximum absolute atomic E-state index is 5.75. The van der Waals surface area contributed by atoms with Crippen LogP contribution in [0.15, 0.2) is 18.6 Å². The van der Waals surface area contributed by atoms with Gasteiger partial charge < -0.3 is 9.64 Å². The topological polar surface area (TPSA) is 38.2 Å². The van der Waals surface area contributed by atoms with Crippen molar-refractivity contribution < 1.29 is 4.74 Å². The predicted octanol–water partition coefficient (Wildman–Crippen LogP) is 1.34. The second-order valence-electron chi connectivity index (χ2n) is 3.16. The average Bonchev–Trinajstić information content (AvgIpc) is 2.30. The average molecular weight is 250 g/mol. The first-order valence-electron chi connectivity index (χ1n) is 4.58. The number of morpholine rings is 1. The first-order valence-corrected chi connectivity index (χ1v) is 5.12. The highest BCUT2D eigenvalue weighted by atomic mass is 35.5. The van der Waals surface area contributed by atoms with E-state index in [9.17, 15) is 0 Å². The molecule has 0 amide bonds. The van der Waals surface area contributed by atoms with Gasteiger partial charge in [0.05, 0.1) is 18.6 Å². The summed E-state index contributed by atoms with van der Waals surface area (Å²) in [6, 6.07) is 1.90. The number of alkyl halides is 1. The molecule has 1 aliphatic rings. The summed E-state index contributed by atoms with van der Waals surface area (Å²) in [4.78, 5) is 10.2. The summed E-state index contributed by atoms with van der Waals surface area (Å²) < 4.78 is 5.46. The highest BCUT2D eigenvalue weighted by molar-refractivity contribution is 6.18. The SMILES string of the molecule is Cl.ClCC1CN(c2ccncn2)CCO1. The van der Waals surface area contributed by atoms with Crippen LogP contribution in [0, 0.1) is 0 Å². The van der Waals surface area contributed by atoms with Crippen molar-refractivity contribution in [2.45, 2.75) is 6.10 Å². The summed E-state index contributed by atoms with van der Waals surface area (Å²) in [5.41, 5.74) is 0. The van der Waals surface area contributed by atoms with Gasteiger partial charge in [0.1, 0.15) is 12.1 Å². The first kappa shape index (κ1) is 12.5. The molecular formula is C9H13Cl2N3O. The lowest BCUT2D eigenvalue weighted by Crippen LogP contribution is -2.43. The zero-order valence-electron chi connectivity index (χ0n) is 8.17. The molecule has 1 unspecified atom stereocenters. The van der Waals surface area contributed by atoms with Crippen molar-refractivity contribution in [1.82, 2.24) is 9.97 Å². The van der Waals surface area contributed by atoms with Gasteiger partial charge in [0.15, 0.2) is 0 Å². The van der Waals surface area contributed by atoms with Crippen LogP contribution >= 0.6 is 24.0 Å². The van der Waals surface area contributed by atoms with Crippen LogP contribution in [0.4, 0.5) is 5.82 Å². The maximum atomic E-state index is 5.75. The molecule has 0 bridgehead atoms. The Labute approximate surface area is 100 Å². The Balaban J connectivity index is 0.00000112. The maximum Gasteiger partial charge on any atom is 0.132 e. The third kappa shape index (κ3) is 3.19. The molecule has 1 saturated heterocycles. The minimum atomic E-state index is 0. The van der Waals surface area contributed by atoms with Gasteiger partial charge in [0.2, 0.25) is 0 Å². The fourth-order valence-corrected chi connectivity index (χ4v) is 1.68. The number of aromatic nitrogens is 2. The van der Waals surface area contributed by atoms with Gasteiger partial charge in [-0.25, -0.2) is 9.97 Å². The molecule has 6 heteroatoms. The number of halogens is 2. The highest BCUT2D eigenvalue weighted by Crippen LogP contribution is 2.14. The monoisotopic (exact) mass is 249 g/mol. The fourth-order valence-electron chi connectivity index (χ4n) is 1.49. The van der Waals surface area contributed by atoms with E-state index in [-0.39, 0.29) is 18.5 Å². The minimum absolute atomic E-state index is 0. The number of rotatable bonds is 2. The summed E-state index contributed by atoms with van der Waals surface area (Å²) in [7, 11) is 0. The minimum Gasteiger partial charge on any atom is -0.373 e. The molecule has 1 aliphatic heterocycles. The predicted molar refractivity (Wildman–Crippen MR) is 62.0 cm³/mol. The van der Waals surface area contributed by atoms with E-state index in [1.54, 1.807) is 12.5 Å². The number of hydrogen-bond donors (Lipinski definition) is 0. The van der Waals surface area contributed by atoms with Gasteiger partial charge in [0, 0.05) is 19.3 Å². The Bertz CT molecular complexity index is 286. The van der Waals surface area contributed by atoms with Gasteiger partial charge in [-0.3, -0.25) is 0 Å². The molecule has 2 rings (SSSR count). The zero-order chi connectivity index (χ0) is 9.80. The van der Waals surface area contributed by atoms with Crippen LogP contribution in [0.1, 0.15) is 0 Å². The van der Waals surface area contributed by atoms with Crippen molar-refractivity contribution in [3.8, 4) is 0 Å². The molecule has 0 saturated carbocycles. The molecule has 0 aliphatic carbocycles. The van der Waals surface area contributed by atoms with Crippen molar-refractivity contribution in [3.63, 3.8) is 0 Å². The molecule has 1 atom stereocenters. The fraction of sp³-hybridized carbons (Fsp3) is 0.556. The summed E-state index contributed by atoms with van der Waals surface area (Å²) >= 11 is 5.75. The second-order valence-corrected chi connectivity index (χ2v) is 3.47. The second kappa shape index (κ2) is 6.10. The Kier molecular flexibility index (Phi) is 5.08. The van der Waals surface area contributed by atoms with Gasteiger partial charge in [-0.15, -0.1) is 24.0 Å². The van der Waals surface area contributed by atoms with E-state index in [0.717, 1.165) is 18.9 Å². The molecule has 15 heavy (non-hydrogen) atoms.